The van der Waals surface area contributed by atoms with Gasteiger partial charge in [-0.25, -0.2) is 4.79 Å². The standard InChI is InChI=1S/C16H25N3O2/c1-3-13(14-8-6-7-12(2)17-14)18-15(21)19-16(11-20)9-4-5-10-16/h6-8,13,20H,3-5,9-11H2,1-2H3,(H2,18,19,21). The molecule has 3 N–H and O–H groups in total. The zero-order chi connectivity index (χ0) is 15.3. The number of nitrogens with zero attached hydrogens (tertiary/aromatic N) is 1. The maximum Gasteiger partial charge on any atom is 0.315 e. The van der Waals surface area contributed by atoms with E-state index in [-0.39, 0.29) is 18.7 Å². The lowest BCUT2D eigenvalue weighted by Crippen LogP contribution is -2.53. The van der Waals surface area contributed by atoms with Gasteiger partial charge in [0, 0.05) is 5.69 Å². The summed E-state index contributed by atoms with van der Waals surface area (Å²) in [5, 5.41) is 15.5. The molecule has 1 saturated carbocycles. The van der Waals surface area contributed by atoms with Crippen LogP contribution < -0.4 is 10.6 Å². The van der Waals surface area contributed by atoms with E-state index < -0.39 is 5.54 Å². The van der Waals surface area contributed by atoms with Crippen molar-refractivity contribution in [2.75, 3.05) is 6.61 Å². The number of urea groups is 1. The van der Waals surface area contributed by atoms with Crippen molar-refractivity contribution in [3.63, 3.8) is 0 Å². The van der Waals surface area contributed by atoms with Gasteiger partial charge in [0.2, 0.25) is 0 Å². The number of hydrogen-bond donors (Lipinski definition) is 3. The van der Waals surface area contributed by atoms with Crippen LogP contribution in [-0.4, -0.2) is 28.3 Å². The summed E-state index contributed by atoms with van der Waals surface area (Å²) in [5.41, 5.74) is 1.37. The highest BCUT2D eigenvalue weighted by molar-refractivity contribution is 5.75. The zero-order valence-electron chi connectivity index (χ0n) is 12.9. The molecule has 0 bridgehead atoms. The summed E-state index contributed by atoms with van der Waals surface area (Å²) in [4.78, 5) is 16.7. The SMILES string of the molecule is CCC(NC(=O)NC1(CO)CCCC1)c1cccc(C)n1. The molecule has 2 amide bonds. The topological polar surface area (TPSA) is 74.2 Å². The van der Waals surface area contributed by atoms with Crippen molar-refractivity contribution in [2.45, 2.75) is 57.5 Å². The van der Waals surface area contributed by atoms with Gasteiger partial charge in [-0.2, -0.15) is 0 Å². The van der Waals surface area contributed by atoms with Gasteiger partial charge in [-0.05, 0) is 38.3 Å². The molecular formula is C16H25N3O2. The van der Waals surface area contributed by atoms with Gasteiger partial charge < -0.3 is 15.7 Å². The van der Waals surface area contributed by atoms with Gasteiger partial charge in [0.05, 0.1) is 23.9 Å². The number of aromatic nitrogens is 1. The number of aliphatic hydroxyl groups excluding tert-OH is 1. The number of carbonyl (C=O) groups excluding carboxylic acids is 1. The fourth-order valence-electron chi connectivity index (χ4n) is 2.95. The van der Waals surface area contributed by atoms with Gasteiger partial charge in [0.1, 0.15) is 0 Å². The van der Waals surface area contributed by atoms with E-state index in [4.69, 9.17) is 0 Å². The van der Waals surface area contributed by atoms with Gasteiger partial charge in [-0.15, -0.1) is 0 Å². The summed E-state index contributed by atoms with van der Waals surface area (Å²) in [6.07, 6.45) is 4.57. The molecule has 5 heteroatoms. The van der Waals surface area contributed by atoms with Gasteiger partial charge in [0.25, 0.3) is 0 Å². The molecule has 1 fully saturated rings. The van der Waals surface area contributed by atoms with Crippen molar-refractivity contribution in [1.29, 1.82) is 0 Å². The minimum atomic E-state index is -0.442. The first-order valence-corrected chi connectivity index (χ1v) is 7.71. The molecule has 1 aromatic rings. The van der Waals surface area contributed by atoms with Crippen molar-refractivity contribution >= 4 is 6.03 Å². The number of pyridine rings is 1. The molecule has 0 aromatic carbocycles. The Morgan fingerprint density at radius 1 is 1.43 bits per heavy atom. The molecule has 0 spiro atoms. The average molecular weight is 291 g/mol. The van der Waals surface area contributed by atoms with Crippen LogP contribution in [0, 0.1) is 6.92 Å². The van der Waals surface area contributed by atoms with Gasteiger partial charge in [-0.1, -0.05) is 25.8 Å². The summed E-state index contributed by atoms with van der Waals surface area (Å²) in [6, 6.07) is 5.49. The van der Waals surface area contributed by atoms with E-state index in [2.05, 4.69) is 15.6 Å². The van der Waals surface area contributed by atoms with Crippen LogP contribution in [-0.2, 0) is 0 Å². The average Bonchev–Trinajstić information content (AvgIpc) is 2.93. The molecule has 0 saturated heterocycles. The largest absolute Gasteiger partial charge is 0.394 e. The third-order valence-corrected chi connectivity index (χ3v) is 4.22. The van der Waals surface area contributed by atoms with Gasteiger partial charge in [-0.3, -0.25) is 4.98 Å². The summed E-state index contributed by atoms with van der Waals surface area (Å²) in [6.45, 7) is 3.96. The highest BCUT2D eigenvalue weighted by Crippen LogP contribution is 2.29. The van der Waals surface area contributed by atoms with Crippen LogP contribution in [0.15, 0.2) is 18.2 Å². The van der Waals surface area contributed by atoms with Crippen LogP contribution in [0.25, 0.3) is 0 Å². The molecule has 1 aliphatic carbocycles. The quantitative estimate of drug-likeness (QED) is 0.780. The molecule has 1 aromatic heterocycles. The number of aryl methyl sites for hydroxylation is 1. The van der Waals surface area contributed by atoms with E-state index in [1.54, 1.807) is 0 Å². The van der Waals surface area contributed by atoms with E-state index in [1.807, 2.05) is 32.0 Å². The Labute approximate surface area is 126 Å². The summed E-state index contributed by atoms with van der Waals surface area (Å²) in [5.74, 6) is 0. The van der Waals surface area contributed by atoms with E-state index in [1.165, 1.54) is 0 Å². The Morgan fingerprint density at radius 2 is 2.14 bits per heavy atom. The third-order valence-electron chi connectivity index (χ3n) is 4.22. The number of carbonyl (C=O) groups is 1. The second-order valence-corrected chi connectivity index (χ2v) is 5.91. The maximum absolute atomic E-state index is 12.2. The van der Waals surface area contributed by atoms with E-state index in [9.17, 15) is 9.90 Å². The molecule has 1 atom stereocenters. The maximum atomic E-state index is 12.2. The van der Waals surface area contributed by atoms with Crippen molar-refractivity contribution in [1.82, 2.24) is 15.6 Å². The van der Waals surface area contributed by atoms with Gasteiger partial charge >= 0.3 is 6.03 Å². The Bertz CT molecular complexity index is 484. The number of amides is 2. The lowest BCUT2D eigenvalue weighted by molar-refractivity contribution is 0.161. The molecule has 5 nitrogen and oxygen atoms in total. The second kappa shape index (κ2) is 6.89. The third kappa shape index (κ3) is 3.94. The fourth-order valence-corrected chi connectivity index (χ4v) is 2.95. The smallest absolute Gasteiger partial charge is 0.315 e. The minimum Gasteiger partial charge on any atom is -0.394 e. The first-order chi connectivity index (χ1) is 10.1. The summed E-state index contributed by atoms with van der Waals surface area (Å²) < 4.78 is 0. The molecule has 21 heavy (non-hydrogen) atoms. The first-order valence-electron chi connectivity index (χ1n) is 7.71. The Balaban J connectivity index is 2.00. The Hall–Kier alpha value is -1.62. The van der Waals surface area contributed by atoms with E-state index >= 15 is 0 Å². The van der Waals surface area contributed by atoms with Crippen molar-refractivity contribution < 1.29 is 9.90 Å². The normalized spacial score (nSPS) is 18.2. The molecule has 2 rings (SSSR count). The first kappa shape index (κ1) is 15.8. The molecule has 0 aliphatic heterocycles. The van der Waals surface area contributed by atoms with Crippen LogP contribution >= 0.6 is 0 Å². The number of hydrogen-bond acceptors (Lipinski definition) is 3. The fraction of sp³-hybridized carbons (Fsp3) is 0.625. The Kier molecular flexibility index (Phi) is 5.17. The Morgan fingerprint density at radius 3 is 2.71 bits per heavy atom. The second-order valence-electron chi connectivity index (χ2n) is 5.91. The van der Waals surface area contributed by atoms with Crippen LogP contribution in [0.5, 0.6) is 0 Å². The van der Waals surface area contributed by atoms with E-state index in [0.717, 1.165) is 43.5 Å². The van der Waals surface area contributed by atoms with E-state index in [0.29, 0.717) is 0 Å². The molecule has 1 unspecified atom stereocenters. The van der Waals surface area contributed by atoms with Crippen molar-refractivity contribution in [3.05, 3.63) is 29.6 Å². The van der Waals surface area contributed by atoms with Crippen LogP contribution in [0.4, 0.5) is 4.79 Å². The molecule has 116 valence electrons. The van der Waals surface area contributed by atoms with Crippen molar-refractivity contribution in [2.24, 2.45) is 0 Å². The highest BCUT2D eigenvalue weighted by atomic mass is 16.3. The highest BCUT2D eigenvalue weighted by Gasteiger charge is 2.35. The van der Waals surface area contributed by atoms with Crippen molar-refractivity contribution in [3.8, 4) is 0 Å². The lowest BCUT2D eigenvalue weighted by atomic mass is 9.99. The zero-order valence-corrected chi connectivity index (χ0v) is 12.9. The van der Waals surface area contributed by atoms with Gasteiger partial charge in [0.15, 0.2) is 0 Å². The molecule has 1 aliphatic rings. The summed E-state index contributed by atoms with van der Waals surface area (Å²) >= 11 is 0. The molecule has 1 heterocycles. The van der Waals surface area contributed by atoms with Crippen LogP contribution in [0.2, 0.25) is 0 Å². The number of aliphatic hydroxyl groups is 1. The predicted octanol–water partition coefficient (Wildman–Crippen LogP) is 2.45. The number of rotatable bonds is 5. The molecule has 0 radical (unpaired) electrons. The van der Waals surface area contributed by atoms with Crippen LogP contribution in [0.3, 0.4) is 0 Å². The molecular weight excluding hydrogens is 266 g/mol. The van der Waals surface area contributed by atoms with Crippen LogP contribution in [0.1, 0.15) is 56.5 Å². The lowest BCUT2D eigenvalue weighted by Gasteiger charge is -2.29. The monoisotopic (exact) mass is 291 g/mol. The number of nitrogens with one attached hydrogen (secondary N) is 2. The predicted molar refractivity (Wildman–Crippen MR) is 82.0 cm³/mol. The summed E-state index contributed by atoms with van der Waals surface area (Å²) in [7, 11) is 0. The minimum absolute atomic E-state index is 0.0000925.